The van der Waals surface area contributed by atoms with E-state index in [1.54, 1.807) is 0 Å². The third-order valence-corrected chi connectivity index (χ3v) is 0.816. The monoisotopic (exact) mass is 369 g/mol. The molecule has 3 N–H and O–H groups in total. The second-order valence-corrected chi connectivity index (χ2v) is 3.00. The summed E-state index contributed by atoms with van der Waals surface area (Å²) in [5.41, 5.74) is 0. The van der Waals surface area contributed by atoms with Gasteiger partial charge in [0.1, 0.15) is 0 Å². The maximum Gasteiger partial charge on any atom is 0.156 e. The molecule has 1 radical (unpaired) electrons. The number of aliphatic hydroxyl groups is 3. The van der Waals surface area contributed by atoms with E-state index in [9.17, 15) is 0 Å². The van der Waals surface area contributed by atoms with E-state index in [0.29, 0.717) is 6.61 Å². The average molecular weight is 368 g/mol. The maximum absolute atomic E-state index is 8.26. The molecule has 0 aromatic rings. The molecule has 13 heavy (non-hydrogen) atoms. The molecule has 83 valence electrons. The molecule has 0 aromatic carbocycles. The number of allylic oxidation sites excluding steroid dienone is 1. The Balaban J connectivity index is -0.000000150. The van der Waals surface area contributed by atoms with E-state index in [1.807, 2.05) is 6.08 Å². The van der Waals surface area contributed by atoms with Crippen LogP contribution >= 0.6 is 0 Å². The Labute approximate surface area is 93.8 Å². The number of rotatable bonds is 4. The Hall–Kier alpha value is 0.269. The molecule has 0 aliphatic carbocycles. The SMILES string of the molecule is C=CCCCCO.CC(C)(O)O.[Ir]. The van der Waals surface area contributed by atoms with Crippen LogP contribution in [0.1, 0.15) is 33.1 Å². The first kappa shape index (κ1) is 18.9. The molecule has 0 saturated heterocycles. The van der Waals surface area contributed by atoms with Crippen LogP contribution in [0.2, 0.25) is 0 Å². The molecule has 0 atom stereocenters. The Morgan fingerprint density at radius 1 is 1.23 bits per heavy atom. The summed E-state index contributed by atoms with van der Waals surface area (Å²) >= 11 is 0. The van der Waals surface area contributed by atoms with Gasteiger partial charge in [0.05, 0.1) is 0 Å². The van der Waals surface area contributed by atoms with Gasteiger partial charge in [0, 0.05) is 26.7 Å². The summed E-state index contributed by atoms with van der Waals surface area (Å²) in [7, 11) is 0. The number of aliphatic hydroxyl groups excluding tert-OH is 1. The number of unbranched alkanes of at least 4 members (excludes halogenated alkanes) is 2. The predicted octanol–water partition coefficient (Wildman–Crippen LogP) is 1.04. The van der Waals surface area contributed by atoms with E-state index in [1.165, 1.54) is 13.8 Å². The Morgan fingerprint density at radius 2 is 1.62 bits per heavy atom. The van der Waals surface area contributed by atoms with E-state index in [2.05, 4.69) is 6.58 Å². The topological polar surface area (TPSA) is 60.7 Å². The van der Waals surface area contributed by atoms with Crippen molar-refractivity contribution in [1.82, 2.24) is 0 Å². The second-order valence-electron chi connectivity index (χ2n) is 3.00. The second kappa shape index (κ2) is 12.3. The van der Waals surface area contributed by atoms with Gasteiger partial charge in [-0.2, -0.15) is 0 Å². The van der Waals surface area contributed by atoms with Crippen LogP contribution < -0.4 is 0 Å². The fraction of sp³-hybridized carbons (Fsp3) is 0.778. The van der Waals surface area contributed by atoms with Gasteiger partial charge in [0.15, 0.2) is 5.79 Å². The molecular weight excluding hydrogens is 348 g/mol. The van der Waals surface area contributed by atoms with Gasteiger partial charge in [-0.3, -0.25) is 0 Å². The van der Waals surface area contributed by atoms with E-state index < -0.39 is 5.79 Å². The molecule has 0 rings (SSSR count). The van der Waals surface area contributed by atoms with Gasteiger partial charge in [0.2, 0.25) is 0 Å². The van der Waals surface area contributed by atoms with E-state index in [-0.39, 0.29) is 20.1 Å². The number of hydrogen-bond donors (Lipinski definition) is 3. The summed E-state index contributed by atoms with van der Waals surface area (Å²) in [5, 5.41) is 24.4. The molecule has 0 aromatic heterocycles. The van der Waals surface area contributed by atoms with Crippen LogP contribution in [0, 0.1) is 0 Å². The molecule has 0 saturated carbocycles. The van der Waals surface area contributed by atoms with E-state index in [4.69, 9.17) is 15.3 Å². The van der Waals surface area contributed by atoms with Crippen LogP contribution in [0.15, 0.2) is 12.7 Å². The number of hydrogen-bond acceptors (Lipinski definition) is 3. The molecule has 0 aliphatic rings. The third-order valence-electron chi connectivity index (χ3n) is 0.816. The van der Waals surface area contributed by atoms with Crippen LogP contribution in [-0.4, -0.2) is 27.7 Å². The molecule has 0 aliphatic heterocycles. The normalized spacial score (nSPS) is 9.31. The van der Waals surface area contributed by atoms with Crippen LogP contribution in [0.25, 0.3) is 0 Å². The van der Waals surface area contributed by atoms with Gasteiger partial charge in [0.25, 0.3) is 0 Å². The quantitative estimate of drug-likeness (QED) is 0.395. The Kier molecular flexibility index (Phi) is 17.9. The standard InChI is InChI=1S/C6H12O.C3H8O2.Ir/c1-2-3-4-5-6-7;1-3(2,4)5;/h2,7H,1,3-6H2;4-5H,1-2H3;. The van der Waals surface area contributed by atoms with Gasteiger partial charge in [-0.25, -0.2) is 0 Å². The molecule has 0 heterocycles. The van der Waals surface area contributed by atoms with Crippen LogP contribution in [0.5, 0.6) is 0 Å². The Morgan fingerprint density at radius 3 is 1.85 bits per heavy atom. The maximum atomic E-state index is 8.26. The zero-order valence-corrected chi connectivity index (χ0v) is 10.7. The van der Waals surface area contributed by atoms with Crippen molar-refractivity contribution in [3.8, 4) is 0 Å². The van der Waals surface area contributed by atoms with Crippen molar-refractivity contribution in [2.24, 2.45) is 0 Å². The van der Waals surface area contributed by atoms with Crippen molar-refractivity contribution >= 4 is 0 Å². The minimum absolute atomic E-state index is 0. The van der Waals surface area contributed by atoms with Gasteiger partial charge in [-0.1, -0.05) is 6.08 Å². The summed E-state index contributed by atoms with van der Waals surface area (Å²) in [6.07, 6.45) is 4.88. The van der Waals surface area contributed by atoms with Gasteiger partial charge in [-0.05, 0) is 33.1 Å². The predicted molar refractivity (Wildman–Crippen MR) is 49.7 cm³/mol. The van der Waals surface area contributed by atoms with Gasteiger partial charge >= 0.3 is 0 Å². The Bertz CT molecular complexity index is 93.5. The average Bonchev–Trinajstić information content (AvgIpc) is 1.85. The fourth-order valence-electron chi connectivity index (χ4n) is 0.400. The van der Waals surface area contributed by atoms with Gasteiger partial charge in [-0.15, -0.1) is 6.58 Å². The van der Waals surface area contributed by atoms with Crippen molar-refractivity contribution < 1.29 is 35.4 Å². The van der Waals surface area contributed by atoms with Crippen molar-refractivity contribution in [2.75, 3.05) is 6.61 Å². The largest absolute Gasteiger partial charge is 0.396 e. The summed E-state index contributed by atoms with van der Waals surface area (Å²) in [5.74, 6) is -1.50. The van der Waals surface area contributed by atoms with Crippen LogP contribution in [0.4, 0.5) is 0 Å². The van der Waals surface area contributed by atoms with Crippen molar-refractivity contribution in [3.05, 3.63) is 12.7 Å². The summed E-state index contributed by atoms with van der Waals surface area (Å²) in [4.78, 5) is 0. The summed E-state index contributed by atoms with van der Waals surface area (Å²) < 4.78 is 0. The van der Waals surface area contributed by atoms with Gasteiger partial charge < -0.3 is 15.3 Å². The molecule has 3 nitrogen and oxygen atoms in total. The minimum atomic E-state index is -1.50. The molecule has 0 amide bonds. The zero-order valence-electron chi connectivity index (χ0n) is 8.29. The zero-order chi connectivity index (χ0) is 10.0. The smallest absolute Gasteiger partial charge is 0.156 e. The molecular formula is C9H20IrO3. The molecule has 0 fully saturated rings. The molecule has 0 bridgehead atoms. The molecule has 0 spiro atoms. The first-order valence-electron chi connectivity index (χ1n) is 4.08. The van der Waals surface area contributed by atoms with E-state index >= 15 is 0 Å². The van der Waals surface area contributed by atoms with Crippen LogP contribution in [-0.2, 0) is 20.1 Å². The van der Waals surface area contributed by atoms with Crippen molar-refractivity contribution in [1.29, 1.82) is 0 Å². The summed E-state index contributed by atoms with van der Waals surface area (Å²) in [6.45, 7) is 6.46. The third kappa shape index (κ3) is 71.0. The van der Waals surface area contributed by atoms with Crippen molar-refractivity contribution in [3.63, 3.8) is 0 Å². The minimum Gasteiger partial charge on any atom is -0.396 e. The summed E-state index contributed by atoms with van der Waals surface area (Å²) in [6, 6.07) is 0. The first-order valence-corrected chi connectivity index (χ1v) is 4.08. The van der Waals surface area contributed by atoms with Crippen LogP contribution in [0.3, 0.4) is 0 Å². The van der Waals surface area contributed by atoms with E-state index in [0.717, 1.165) is 19.3 Å². The first-order chi connectivity index (χ1) is 5.41. The molecule has 4 heteroatoms. The fourth-order valence-corrected chi connectivity index (χ4v) is 0.400. The molecule has 0 unspecified atom stereocenters. The van der Waals surface area contributed by atoms with Crippen molar-refractivity contribution in [2.45, 2.75) is 38.9 Å².